The molecule has 0 aromatic heterocycles. The quantitative estimate of drug-likeness (QED) is 0.0261. The van der Waals surface area contributed by atoms with Crippen molar-refractivity contribution in [3.63, 3.8) is 0 Å². The topological polar surface area (TPSA) is 78.9 Å². The lowest BCUT2D eigenvalue weighted by Gasteiger charge is -2.18. The summed E-state index contributed by atoms with van der Waals surface area (Å²) >= 11 is 0. The largest absolute Gasteiger partial charge is 0.462 e. The van der Waals surface area contributed by atoms with Gasteiger partial charge in [-0.3, -0.25) is 14.4 Å². The van der Waals surface area contributed by atoms with Gasteiger partial charge in [-0.25, -0.2) is 0 Å². The van der Waals surface area contributed by atoms with Crippen molar-refractivity contribution in [1.82, 2.24) is 0 Å². The van der Waals surface area contributed by atoms with Crippen LogP contribution in [0.1, 0.15) is 284 Å². The van der Waals surface area contributed by atoms with Crippen molar-refractivity contribution >= 4 is 17.9 Å². The Hall–Kier alpha value is -3.93. The maximum atomic E-state index is 12.8. The summed E-state index contributed by atoms with van der Waals surface area (Å²) < 4.78 is 16.8. The smallest absolute Gasteiger partial charge is 0.306 e. The zero-order chi connectivity index (χ0) is 53.6. The van der Waals surface area contributed by atoms with Gasteiger partial charge in [-0.1, -0.05) is 265 Å². The van der Waals surface area contributed by atoms with Crippen LogP contribution in [0.4, 0.5) is 0 Å². The third-order valence-electron chi connectivity index (χ3n) is 13.0. The molecule has 0 spiro atoms. The Balaban J connectivity index is 4.14. The van der Waals surface area contributed by atoms with Gasteiger partial charge < -0.3 is 14.2 Å². The molecule has 74 heavy (non-hydrogen) atoms. The number of rotatable bonds is 55. The highest BCUT2D eigenvalue weighted by Gasteiger charge is 2.19. The number of ether oxygens (including phenoxy) is 3. The van der Waals surface area contributed by atoms with Gasteiger partial charge in [-0.2, -0.15) is 0 Å². The van der Waals surface area contributed by atoms with Crippen molar-refractivity contribution in [3.05, 3.63) is 109 Å². The van der Waals surface area contributed by atoms with E-state index in [0.717, 1.165) is 128 Å². The highest BCUT2D eigenvalue weighted by molar-refractivity contribution is 5.71. The van der Waals surface area contributed by atoms with Gasteiger partial charge in [-0.05, 0) is 109 Å². The highest BCUT2D eigenvalue weighted by atomic mass is 16.6. The molecule has 0 fully saturated rings. The monoisotopic (exact) mass is 1030 g/mol. The van der Waals surface area contributed by atoms with Crippen molar-refractivity contribution in [2.45, 2.75) is 290 Å². The molecule has 0 aliphatic heterocycles. The first kappa shape index (κ1) is 70.1. The molecule has 0 saturated heterocycles. The van der Waals surface area contributed by atoms with Crippen LogP contribution >= 0.6 is 0 Å². The fourth-order valence-corrected chi connectivity index (χ4v) is 8.39. The molecule has 0 aromatic rings. The average Bonchev–Trinajstić information content (AvgIpc) is 3.40. The van der Waals surface area contributed by atoms with Crippen LogP contribution in [0.2, 0.25) is 0 Å². The van der Waals surface area contributed by atoms with Crippen molar-refractivity contribution in [3.8, 4) is 0 Å². The van der Waals surface area contributed by atoms with Gasteiger partial charge in [0.1, 0.15) is 13.2 Å². The minimum absolute atomic E-state index is 0.0826. The van der Waals surface area contributed by atoms with E-state index in [4.69, 9.17) is 14.2 Å². The van der Waals surface area contributed by atoms with Gasteiger partial charge in [0.05, 0.1) is 0 Å². The van der Waals surface area contributed by atoms with Gasteiger partial charge in [0.2, 0.25) is 0 Å². The average molecular weight is 1030 g/mol. The molecule has 6 nitrogen and oxygen atoms in total. The predicted molar refractivity (Wildman–Crippen MR) is 320 cm³/mol. The lowest BCUT2D eigenvalue weighted by atomic mass is 10.1. The van der Waals surface area contributed by atoms with Crippen LogP contribution in [-0.4, -0.2) is 37.2 Å². The molecule has 1 atom stereocenters. The van der Waals surface area contributed by atoms with E-state index >= 15 is 0 Å². The van der Waals surface area contributed by atoms with E-state index in [1.54, 1.807) is 0 Å². The van der Waals surface area contributed by atoms with Crippen LogP contribution in [0.3, 0.4) is 0 Å². The second kappa shape index (κ2) is 61.6. The maximum absolute atomic E-state index is 12.8. The SMILES string of the molecule is CC/C=C\C/C=C\C/C=C\C/C=C\C/C=C\C/C=C\C/C=C\C/C=C\CCCCCCCCCCC(=O)OCC(COC(=O)CCCCCCCCC)OC(=O)CCCCCCC/C=C\CCCCCCCCC. The Morgan fingerprint density at radius 1 is 0.284 bits per heavy atom. The van der Waals surface area contributed by atoms with Crippen molar-refractivity contribution in [2.24, 2.45) is 0 Å². The van der Waals surface area contributed by atoms with Crippen LogP contribution in [-0.2, 0) is 28.6 Å². The molecule has 0 aliphatic rings. The van der Waals surface area contributed by atoms with Crippen LogP contribution in [0.25, 0.3) is 0 Å². The summed E-state index contributed by atoms with van der Waals surface area (Å²) in [6.07, 6.45) is 84.0. The van der Waals surface area contributed by atoms with Gasteiger partial charge in [0.15, 0.2) is 6.10 Å². The molecule has 1 unspecified atom stereocenters. The molecule has 0 aliphatic carbocycles. The summed E-state index contributed by atoms with van der Waals surface area (Å²) in [6, 6.07) is 0. The summed E-state index contributed by atoms with van der Waals surface area (Å²) in [4.78, 5) is 38.0. The van der Waals surface area contributed by atoms with E-state index in [-0.39, 0.29) is 31.1 Å². The lowest BCUT2D eigenvalue weighted by molar-refractivity contribution is -0.167. The van der Waals surface area contributed by atoms with Crippen molar-refractivity contribution < 1.29 is 28.6 Å². The van der Waals surface area contributed by atoms with E-state index < -0.39 is 6.10 Å². The number of carbonyl (C=O) groups excluding carboxylic acids is 3. The minimum Gasteiger partial charge on any atom is -0.462 e. The molecule has 0 bridgehead atoms. The predicted octanol–water partition coefficient (Wildman–Crippen LogP) is 21.0. The second-order valence-corrected chi connectivity index (χ2v) is 20.2. The first-order valence-corrected chi connectivity index (χ1v) is 30.9. The number of allylic oxidation sites excluding steroid dienone is 18. The zero-order valence-electron chi connectivity index (χ0n) is 48.3. The Kier molecular flexibility index (Phi) is 58.3. The summed E-state index contributed by atoms with van der Waals surface area (Å²) in [5.41, 5.74) is 0. The third-order valence-corrected chi connectivity index (χ3v) is 13.0. The minimum atomic E-state index is -0.783. The molecule has 0 saturated carbocycles. The number of carbonyl (C=O) groups is 3. The van der Waals surface area contributed by atoms with Gasteiger partial charge >= 0.3 is 17.9 Å². The van der Waals surface area contributed by atoms with E-state index in [9.17, 15) is 14.4 Å². The standard InChI is InChI=1S/C68H114O6/c1-4-7-10-13-16-18-20-22-24-26-27-28-29-30-31-32-33-34-35-36-37-38-39-40-41-42-44-45-47-49-52-55-58-61-67(70)73-64-65(63-72-66(69)60-57-54-51-15-12-9-6-3)74-68(71)62-59-56-53-50-48-46-43-25-23-21-19-17-14-11-8-5-2/h7,10,16,18,22,24-25,27-28,30-31,33-34,36-37,39-40,43,65H,4-6,8-9,11-15,17,19-21,23,26,29,32,35,38,41-42,44-64H2,1-3H3/b10-7-,18-16-,24-22-,28-27-,31-30-,34-33-,37-36-,40-39-,43-25-. The molecule has 6 heteroatoms. The van der Waals surface area contributed by atoms with Gasteiger partial charge in [0.25, 0.3) is 0 Å². The Morgan fingerprint density at radius 2 is 0.527 bits per heavy atom. The van der Waals surface area contributed by atoms with Crippen LogP contribution in [0.5, 0.6) is 0 Å². The van der Waals surface area contributed by atoms with Crippen molar-refractivity contribution in [2.75, 3.05) is 13.2 Å². The van der Waals surface area contributed by atoms with Gasteiger partial charge in [0, 0.05) is 19.3 Å². The van der Waals surface area contributed by atoms with Crippen molar-refractivity contribution in [1.29, 1.82) is 0 Å². The fraction of sp³-hybridized carbons (Fsp3) is 0.691. The summed E-state index contributed by atoms with van der Waals surface area (Å²) in [7, 11) is 0. The first-order valence-electron chi connectivity index (χ1n) is 30.9. The second-order valence-electron chi connectivity index (χ2n) is 20.2. The summed E-state index contributed by atoms with van der Waals surface area (Å²) in [6.45, 7) is 6.47. The molecular weight excluding hydrogens is 913 g/mol. The highest BCUT2D eigenvalue weighted by Crippen LogP contribution is 2.15. The lowest BCUT2D eigenvalue weighted by Crippen LogP contribution is -2.30. The third kappa shape index (κ3) is 59.0. The molecule has 0 amide bonds. The molecule has 0 heterocycles. The van der Waals surface area contributed by atoms with E-state index in [1.807, 2.05) is 0 Å². The van der Waals surface area contributed by atoms with Crippen LogP contribution in [0, 0.1) is 0 Å². The van der Waals surface area contributed by atoms with Crippen LogP contribution < -0.4 is 0 Å². The number of hydrogen-bond donors (Lipinski definition) is 0. The number of hydrogen-bond acceptors (Lipinski definition) is 6. The van der Waals surface area contributed by atoms with Gasteiger partial charge in [-0.15, -0.1) is 0 Å². The Bertz CT molecular complexity index is 1510. The molecule has 0 N–H and O–H groups in total. The molecular formula is C68H114O6. The fourth-order valence-electron chi connectivity index (χ4n) is 8.39. The summed E-state index contributed by atoms with van der Waals surface area (Å²) in [5, 5.41) is 0. The normalized spacial score (nSPS) is 12.9. The molecule has 0 radical (unpaired) electrons. The molecule has 422 valence electrons. The molecule has 0 rings (SSSR count). The maximum Gasteiger partial charge on any atom is 0.306 e. The van der Waals surface area contributed by atoms with Crippen LogP contribution in [0.15, 0.2) is 109 Å². The zero-order valence-corrected chi connectivity index (χ0v) is 48.3. The Labute approximate surface area is 457 Å². The number of unbranched alkanes of at least 4 members (excludes halogenated alkanes) is 26. The summed E-state index contributed by atoms with van der Waals surface area (Å²) in [5.74, 6) is -0.903. The Morgan fingerprint density at radius 3 is 0.838 bits per heavy atom. The van der Waals surface area contributed by atoms with E-state index in [2.05, 4.69) is 130 Å². The first-order chi connectivity index (χ1) is 36.5. The molecule has 0 aromatic carbocycles. The van der Waals surface area contributed by atoms with E-state index in [1.165, 1.54) is 116 Å². The number of esters is 3. The van der Waals surface area contributed by atoms with E-state index in [0.29, 0.717) is 19.3 Å².